The van der Waals surface area contributed by atoms with Gasteiger partial charge in [0.2, 0.25) is 0 Å². The molecule has 3 heteroatoms. The number of methoxy groups -OCH3 is 1. The molecule has 0 radical (unpaired) electrons. The first kappa shape index (κ1) is 14.4. The number of ether oxygens (including phenoxy) is 1. The predicted molar refractivity (Wildman–Crippen MR) is 79.8 cm³/mol. The SMILES string of the molecule is COc1ccc(CC(C)N2CCCN(C)CC2)cc1. The number of hydrogen-bond donors (Lipinski definition) is 0. The summed E-state index contributed by atoms with van der Waals surface area (Å²) in [6, 6.07) is 9.08. The molecule has 1 aromatic rings. The van der Waals surface area contributed by atoms with E-state index >= 15 is 0 Å². The third kappa shape index (κ3) is 4.22. The van der Waals surface area contributed by atoms with Gasteiger partial charge in [-0.3, -0.25) is 4.90 Å². The third-order valence-electron chi connectivity index (χ3n) is 4.07. The lowest BCUT2D eigenvalue weighted by Gasteiger charge is -2.27. The van der Waals surface area contributed by atoms with Gasteiger partial charge in [-0.05, 0) is 57.6 Å². The van der Waals surface area contributed by atoms with Crippen LogP contribution >= 0.6 is 0 Å². The van der Waals surface area contributed by atoms with Crippen molar-refractivity contribution in [1.82, 2.24) is 9.80 Å². The van der Waals surface area contributed by atoms with Gasteiger partial charge in [-0.15, -0.1) is 0 Å². The largest absolute Gasteiger partial charge is 0.497 e. The van der Waals surface area contributed by atoms with Gasteiger partial charge < -0.3 is 9.64 Å². The maximum absolute atomic E-state index is 5.20. The molecule has 106 valence electrons. The molecular formula is C16H26N2O. The topological polar surface area (TPSA) is 15.7 Å². The van der Waals surface area contributed by atoms with Crippen molar-refractivity contribution in [1.29, 1.82) is 0 Å². The van der Waals surface area contributed by atoms with E-state index in [4.69, 9.17) is 4.74 Å². The monoisotopic (exact) mass is 262 g/mol. The maximum atomic E-state index is 5.20. The predicted octanol–water partition coefficient (Wildman–Crippen LogP) is 2.26. The summed E-state index contributed by atoms with van der Waals surface area (Å²) in [5.41, 5.74) is 1.39. The molecule has 0 saturated carbocycles. The molecule has 19 heavy (non-hydrogen) atoms. The zero-order valence-electron chi connectivity index (χ0n) is 12.4. The highest BCUT2D eigenvalue weighted by Crippen LogP contribution is 2.15. The summed E-state index contributed by atoms with van der Waals surface area (Å²) in [5.74, 6) is 0.938. The quantitative estimate of drug-likeness (QED) is 0.828. The van der Waals surface area contributed by atoms with Crippen LogP contribution in [0, 0.1) is 0 Å². The number of rotatable bonds is 4. The van der Waals surface area contributed by atoms with E-state index in [-0.39, 0.29) is 0 Å². The van der Waals surface area contributed by atoms with Crippen molar-refractivity contribution in [3.8, 4) is 5.75 Å². The van der Waals surface area contributed by atoms with E-state index in [1.165, 1.54) is 38.2 Å². The van der Waals surface area contributed by atoms with E-state index < -0.39 is 0 Å². The molecule has 0 aliphatic carbocycles. The molecule has 2 rings (SSSR count). The summed E-state index contributed by atoms with van der Waals surface area (Å²) < 4.78 is 5.20. The van der Waals surface area contributed by atoms with Crippen molar-refractivity contribution < 1.29 is 4.74 Å². The fraction of sp³-hybridized carbons (Fsp3) is 0.625. The fourth-order valence-electron chi connectivity index (χ4n) is 2.74. The molecule has 1 aliphatic heterocycles. The van der Waals surface area contributed by atoms with Crippen molar-refractivity contribution in [3.05, 3.63) is 29.8 Å². The minimum absolute atomic E-state index is 0.611. The van der Waals surface area contributed by atoms with Gasteiger partial charge in [0.1, 0.15) is 5.75 Å². The number of hydrogen-bond acceptors (Lipinski definition) is 3. The van der Waals surface area contributed by atoms with Gasteiger partial charge in [0.15, 0.2) is 0 Å². The van der Waals surface area contributed by atoms with Gasteiger partial charge in [0, 0.05) is 19.1 Å². The maximum Gasteiger partial charge on any atom is 0.118 e. The van der Waals surface area contributed by atoms with Crippen molar-refractivity contribution in [2.75, 3.05) is 40.3 Å². The lowest BCUT2D eigenvalue weighted by Crippen LogP contribution is -2.37. The highest BCUT2D eigenvalue weighted by molar-refractivity contribution is 5.27. The van der Waals surface area contributed by atoms with Crippen LogP contribution in [0.3, 0.4) is 0 Å². The van der Waals surface area contributed by atoms with E-state index in [1.807, 2.05) is 0 Å². The van der Waals surface area contributed by atoms with Gasteiger partial charge in [0.05, 0.1) is 7.11 Å². The van der Waals surface area contributed by atoms with Gasteiger partial charge >= 0.3 is 0 Å². The Labute approximate surface area is 117 Å². The van der Waals surface area contributed by atoms with Crippen molar-refractivity contribution >= 4 is 0 Å². The summed E-state index contributed by atoms with van der Waals surface area (Å²) in [7, 11) is 3.93. The van der Waals surface area contributed by atoms with Crippen molar-refractivity contribution in [2.24, 2.45) is 0 Å². The Kier molecular flexibility index (Phi) is 5.23. The van der Waals surface area contributed by atoms with E-state index in [9.17, 15) is 0 Å². The third-order valence-corrected chi connectivity index (χ3v) is 4.07. The van der Waals surface area contributed by atoms with Crippen molar-refractivity contribution in [2.45, 2.75) is 25.8 Å². The minimum atomic E-state index is 0.611. The van der Waals surface area contributed by atoms with E-state index in [1.54, 1.807) is 7.11 Å². The van der Waals surface area contributed by atoms with Crippen LogP contribution in [0.15, 0.2) is 24.3 Å². The Morgan fingerprint density at radius 3 is 2.53 bits per heavy atom. The summed E-state index contributed by atoms with van der Waals surface area (Å²) in [6.07, 6.45) is 2.40. The van der Waals surface area contributed by atoms with Crippen LogP contribution in [0.2, 0.25) is 0 Å². The van der Waals surface area contributed by atoms with Crippen molar-refractivity contribution in [3.63, 3.8) is 0 Å². The zero-order valence-corrected chi connectivity index (χ0v) is 12.4. The fourth-order valence-corrected chi connectivity index (χ4v) is 2.74. The molecule has 0 amide bonds. The molecule has 1 atom stereocenters. The van der Waals surface area contributed by atoms with Gasteiger partial charge in [-0.1, -0.05) is 12.1 Å². The first-order chi connectivity index (χ1) is 9.19. The van der Waals surface area contributed by atoms with Gasteiger partial charge in [-0.25, -0.2) is 0 Å². The second-order valence-electron chi connectivity index (χ2n) is 5.59. The Balaban J connectivity index is 1.90. The van der Waals surface area contributed by atoms with E-state index in [2.05, 4.69) is 48.0 Å². The molecule has 1 heterocycles. The highest BCUT2D eigenvalue weighted by atomic mass is 16.5. The standard InChI is InChI=1S/C16H26N2O/c1-14(18-10-4-9-17(2)11-12-18)13-15-5-7-16(19-3)8-6-15/h5-8,14H,4,9-13H2,1-3H3. The average molecular weight is 262 g/mol. The Bertz CT molecular complexity index is 377. The second kappa shape index (κ2) is 6.92. The lowest BCUT2D eigenvalue weighted by atomic mass is 10.1. The number of likely N-dealkylation sites (N-methyl/N-ethyl adjacent to an activating group) is 1. The first-order valence-corrected chi connectivity index (χ1v) is 7.24. The Hall–Kier alpha value is -1.06. The van der Waals surface area contributed by atoms with Crippen LogP contribution in [0.25, 0.3) is 0 Å². The van der Waals surface area contributed by atoms with Crippen LogP contribution in [0.5, 0.6) is 5.75 Å². The molecule has 1 aliphatic rings. The average Bonchev–Trinajstić information content (AvgIpc) is 2.64. The molecule has 1 fully saturated rings. The molecular weight excluding hydrogens is 236 g/mol. The number of nitrogens with zero attached hydrogens (tertiary/aromatic N) is 2. The molecule has 1 unspecified atom stereocenters. The van der Waals surface area contributed by atoms with Crippen LogP contribution in [-0.4, -0.2) is 56.2 Å². The summed E-state index contributed by atoms with van der Waals surface area (Å²) in [5, 5.41) is 0. The van der Waals surface area contributed by atoms with Gasteiger partial charge in [-0.2, -0.15) is 0 Å². The van der Waals surface area contributed by atoms with Crippen LogP contribution in [0.1, 0.15) is 18.9 Å². The minimum Gasteiger partial charge on any atom is -0.497 e. The Morgan fingerprint density at radius 1 is 1.11 bits per heavy atom. The molecule has 0 spiro atoms. The molecule has 0 aromatic heterocycles. The van der Waals surface area contributed by atoms with E-state index in [0.29, 0.717) is 6.04 Å². The molecule has 1 saturated heterocycles. The van der Waals surface area contributed by atoms with Crippen LogP contribution < -0.4 is 4.74 Å². The summed E-state index contributed by atoms with van der Waals surface area (Å²) in [4.78, 5) is 5.05. The molecule has 0 N–H and O–H groups in total. The molecule has 1 aromatic carbocycles. The van der Waals surface area contributed by atoms with Crippen LogP contribution in [-0.2, 0) is 6.42 Å². The van der Waals surface area contributed by atoms with E-state index in [0.717, 1.165) is 12.2 Å². The normalized spacial score (nSPS) is 19.9. The lowest BCUT2D eigenvalue weighted by molar-refractivity contribution is 0.214. The smallest absolute Gasteiger partial charge is 0.118 e. The molecule has 3 nitrogen and oxygen atoms in total. The van der Waals surface area contributed by atoms with Crippen LogP contribution in [0.4, 0.5) is 0 Å². The second-order valence-corrected chi connectivity index (χ2v) is 5.59. The Morgan fingerprint density at radius 2 is 1.84 bits per heavy atom. The number of benzene rings is 1. The summed E-state index contributed by atoms with van der Waals surface area (Å²) >= 11 is 0. The highest BCUT2D eigenvalue weighted by Gasteiger charge is 2.17. The van der Waals surface area contributed by atoms with Gasteiger partial charge in [0.25, 0.3) is 0 Å². The zero-order chi connectivity index (χ0) is 13.7. The first-order valence-electron chi connectivity index (χ1n) is 7.24. The molecule has 0 bridgehead atoms. The summed E-state index contributed by atoms with van der Waals surface area (Å²) in [6.45, 7) is 7.17.